The molecule has 0 aromatic heterocycles. The Labute approximate surface area is 121 Å². The van der Waals surface area contributed by atoms with Crippen LogP contribution in [0.25, 0.3) is 0 Å². The van der Waals surface area contributed by atoms with Gasteiger partial charge in [-0.15, -0.1) is 0 Å². The number of carboxylic acid groups (broad SMARTS) is 1. The van der Waals surface area contributed by atoms with Crippen LogP contribution < -0.4 is 10.1 Å². The first kappa shape index (κ1) is 14.7. The van der Waals surface area contributed by atoms with Crippen molar-refractivity contribution >= 4 is 23.6 Å². The minimum Gasteiger partial charge on any atom is -0.496 e. The first-order valence-electron chi connectivity index (χ1n) is 6.31. The van der Waals surface area contributed by atoms with Crippen LogP contribution in [0.5, 0.6) is 5.75 Å². The molecule has 1 heterocycles. The van der Waals surface area contributed by atoms with E-state index in [-0.39, 0.29) is 12.3 Å². The third-order valence-electron chi connectivity index (χ3n) is 3.35. The van der Waals surface area contributed by atoms with Crippen LogP contribution in [-0.4, -0.2) is 41.1 Å². The predicted molar refractivity (Wildman–Crippen MR) is 77.1 cm³/mol. The first-order valence-corrected chi connectivity index (χ1v) is 7.47. The number of benzene rings is 1. The van der Waals surface area contributed by atoms with Gasteiger partial charge in [0.05, 0.1) is 13.5 Å². The van der Waals surface area contributed by atoms with Crippen molar-refractivity contribution in [2.45, 2.75) is 18.4 Å². The van der Waals surface area contributed by atoms with E-state index in [2.05, 4.69) is 5.32 Å². The number of carbonyl (C=O) groups is 2. The summed E-state index contributed by atoms with van der Waals surface area (Å²) in [5, 5.41) is 12.0. The number of ether oxygens (including phenoxy) is 1. The highest BCUT2D eigenvalue weighted by Crippen LogP contribution is 2.28. The smallest absolute Gasteiger partial charge is 0.330 e. The fourth-order valence-corrected chi connectivity index (χ4v) is 3.54. The van der Waals surface area contributed by atoms with E-state index in [1.54, 1.807) is 31.0 Å². The summed E-state index contributed by atoms with van der Waals surface area (Å²) in [6.45, 7) is 0. The number of thioether (sulfide) groups is 1. The van der Waals surface area contributed by atoms with Crippen molar-refractivity contribution in [3.63, 3.8) is 0 Å². The third kappa shape index (κ3) is 3.07. The van der Waals surface area contributed by atoms with Crippen molar-refractivity contribution in [3.8, 4) is 5.75 Å². The summed E-state index contributed by atoms with van der Waals surface area (Å²) in [7, 11) is 1.54. The van der Waals surface area contributed by atoms with Gasteiger partial charge in [0.1, 0.15) is 11.3 Å². The molecule has 0 radical (unpaired) electrons. The monoisotopic (exact) mass is 295 g/mol. The van der Waals surface area contributed by atoms with Crippen LogP contribution in [0.1, 0.15) is 12.0 Å². The second kappa shape index (κ2) is 6.17. The zero-order valence-corrected chi connectivity index (χ0v) is 12.0. The lowest BCUT2D eigenvalue weighted by Gasteiger charge is -2.24. The van der Waals surface area contributed by atoms with E-state index in [0.717, 1.165) is 11.3 Å². The van der Waals surface area contributed by atoms with Crippen molar-refractivity contribution in [1.82, 2.24) is 5.32 Å². The first-order chi connectivity index (χ1) is 9.57. The van der Waals surface area contributed by atoms with Crippen LogP contribution >= 0.6 is 11.8 Å². The summed E-state index contributed by atoms with van der Waals surface area (Å²) in [5.41, 5.74) is -0.372. The molecular formula is C14H17NO4S. The standard InChI is InChI=1S/C14H17NO4S/c1-19-11-5-3-2-4-10(11)8-12(16)15-14(13(17)18)6-7-20-9-14/h2-5H,6-9H2,1H3,(H,15,16)(H,17,18). The molecule has 2 N–H and O–H groups in total. The molecule has 1 atom stereocenters. The van der Waals surface area contributed by atoms with E-state index in [1.807, 2.05) is 12.1 Å². The number of carboxylic acids is 1. The summed E-state index contributed by atoms with van der Waals surface area (Å²) >= 11 is 1.55. The molecule has 1 aromatic rings. The summed E-state index contributed by atoms with van der Waals surface area (Å²) < 4.78 is 5.19. The van der Waals surface area contributed by atoms with Gasteiger partial charge in [-0.2, -0.15) is 11.8 Å². The lowest BCUT2D eigenvalue weighted by atomic mass is 9.98. The molecule has 6 heteroatoms. The molecule has 1 amide bonds. The molecule has 0 aliphatic carbocycles. The molecular weight excluding hydrogens is 278 g/mol. The van der Waals surface area contributed by atoms with Gasteiger partial charge in [-0.1, -0.05) is 18.2 Å². The van der Waals surface area contributed by atoms with Gasteiger partial charge in [0.2, 0.25) is 5.91 Å². The third-order valence-corrected chi connectivity index (χ3v) is 4.54. The Hall–Kier alpha value is -1.69. The molecule has 0 bridgehead atoms. The fourth-order valence-electron chi connectivity index (χ4n) is 2.22. The largest absolute Gasteiger partial charge is 0.496 e. The van der Waals surface area contributed by atoms with Gasteiger partial charge in [-0.3, -0.25) is 4.79 Å². The van der Waals surface area contributed by atoms with Crippen molar-refractivity contribution in [1.29, 1.82) is 0 Å². The number of rotatable bonds is 5. The molecule has 1 unspecified atom stereocenters. The highest BCUT2D eigenvalue weighted by Gasteiger charge is 2.43. The zero-order valence-electron chi connectivity index (χ0n) is 11.2. The SMILES string of the molecule is COc1ccccc1CC(=O)NC1(C(=O)O)CCSC1. The lowest BCUT2D eigenvalue weighted by Crippen LogP contribution is -2.55. The Morgan fingerprint density at radius 3 is 2.80 bits per heavy atom. The number of nitrogens with one attached hydrogen (secondary N) is 1. The number of methoxy groups -OCH3 is 1. The van der Waals surface area contributed by atoms with Gasteiger partial charge in [0.15, 0.2) is 0 Å². The number of hydrogen-bond acceptors (Lipinski definition) is 4. The maximum atomic E-state index is 12.1. The molecule has 1 aromatic carbocycles. The van der Waals surface area contributed by atoms with Crippen LogP contribution in [-0.2, 0) is 16.0 Å². The number of para-hydroxylation sites is 1. The van der Waals surface area contributed by atoms with Gasteiger partial charge in [0.25, 0.3) is 0 Å². The molecule has 0 spiro atoms. The fraction of sp³-hybridized carbons (Fsp3) is 0.429. The van der Waals surface area contributed by atoms with Crippen LogP contribution in [0.4, 0.5) is 0 Å². The van der Waals surface area contributed by atoms with E-state index in [1.165, 1.54) is 0 Å². The Morgan fingerprint density at radius 2 is 2.20 bits per heavy atom. The van der Waals surface area contributed by atoms with Gasteiger partial charge < -0.3 is 15.2 Å². The topological polar surface area (TPSA) is 75.6 Å². The maximum absolute atomic E-state index is 12.1. The summed E-state index contributed by atoms with van der Waals surface area (Å²) in [6.07, 6.45) is 0.578. The van der Waals surface area contributed by atoms with Gasteiger partial charge in [-0.25, -0.2) is 4.79 Å². The van der Waals surface area contributed by atoms with E-state index >= 15 is 0 Å². The van der Waals surface area contributed by atoms with E-state index in [9.17, 15) is 14.7 Å². The molecule has 1 aliphatic rings. The zero-order chi connectivity index (χ0) is 14.6. The highest BCUT2D eigenvalue weighted by atomic mass is 32.2. The molecule has 0 saturated carbocycles. The van der Waals surface area contributed by atoms with Gasteiger partial charge in [-0.05, 0) is 18.2 Å². The van der Waals surface area contributed by atoms with Crippen molar-refractivity contribution in [3.05, 3.63) is 29.8 Å². The molecule has 20 heavy (non-hydrogen) atoms. The van der Waals surface area contributed by atoms with Crippen LogP contribution in [0.3, 0.4) is 0 Å². The normalized spacial score (nSPS) is 21.4. The van der Waals surface area contributed by atoms with Gasteiger partial charge in [0, 0.05) is 11.3 Å². The van der Waals surface area contributed by atoms with Crippen molar-refractivity contribution in [2.24, 2.45) is 0 Å². The van der Waals surface area contributed by atoms with Crippen molar-refractivity contribution in [2.75, 3.05) is 18.6 Å². The quantitative estimate of drug-likeness (QED) is 0.856. The number of amides is 1. The van der Waals surface area contributed by atoms with Crippen LogP contribution in [0, 0.1) is 0 Å². The molecule has 1 saturated heterocycles. The van der Waals surface area contributed by atoms with Crippen LogP contribution in [0.15, 0.2) is 24.3 Å². The van der Waals surface area contributed by atoms with Crippen molar-refractivity contribution < 1.29 is 19.4 Å². The average Bonchev–Trinajstić information content (AvgIpc) is 2.89. The average molecular weight is 295 g/mol. The van der Waals surface area contributed by atoms with E-state index in [0.29, 0.717) is 17.9 Å². The Balaban J connectivity index is 2.07. The Morgan fingerprint density at radius 1 is 1.45 bits per heavy atom. The van der Waals surface area contributed by atoms with Gasteiger partial charge >= 0.3 is 5.97 Å². The number of carbonyl (C=O) groups excluding carboxylic acids is 1. The van der Waals surface area contributed by atoms with Crippen LogP contribution in [0.2, 0.25) is 0 Å². The summed E-state index contributed by atoms with van der Waals surface area (Å²) in [6, 6.07) is 7.23. The number of aliphatic carboxylic acids is 1. The van der Waals surface area contributed by atoms with E-state index < -0.39 is 11.5 Å². The maximum Gasteiger partial charge on any atom is 0.330 e. The molecule has 2 rings (SSSR count). The number of hydrogen-bond donors (Lipinski definition) is 2. The molecule has 1 aliphatic heterocycles. The second-order valence-corrected chi connectivity index (χ2v) is 5.83. The summed E-state index contributed by atoms with van der Waals surface area (Å²) in [5.74, 6) is 0.546. The highest BCUT2D eigenvalue weighted by molar-refractivity contribution is 7.99. The van der Waals surface area contributed by atoms with E-state index in [4.69, 9.17) is 4.74 Å². The molecule has 5 nitrogen and oxygen atoms in total. The Kier molecular flexibility index (Phi) is 4.54. The second-order valence-electron chi connectivity index (χ2n) is 4.73. The lowest BCUT2D eigenvalue weighted by molar-refractivity contribution is -0.146. The minimum atomic E-state index is -1.12. The predicted octanol–water partition coefficient (Wildman–Crippen LogP) is 1.31. The molecule has 108 valence electrons. The molecule has 1 fully saturated rings. The minimum absolute atomic E-state index is 0.115. The Bertz CT molecular complexity index is 512. The summed E-state index contributed by atoms with van der Waals surface area (Å²) in [4.78, 5) is 23.5.